The van der Waals surface area contributed by atoms with Crippen molar-refractivity contribution in [2.75, 3.05) is 6.61 Å². The van der Waals surface area contributed by atoms with Gasteiger partial charge in [0.25, 0.3) is 0 Å². The Hall–Kier alpha value is -1.55. The van der Waals surface area contributed by atoms with Crippen LogP contribution in [0.2, 0.25) is 0 Å². The van der Waals surface area contributed by atoms with Crippen LogP contribution in [0.1, 0.15) is 58.2 Å². The number of carboxylic acids is 1. The first kappa shape index (κ1) is 17.5. The number of rotatable bonds is 4. The van der Waals surface area contributed by atoms with Crippen LogP contribution in [0.3, 0.4) is 0 Å². The Kier molecular flexibility index (Phi) is 5.05. The Morgan fingerprint density at radius 3 is 1.86 bits per heavy atom. The summed E-state index contributed by atoms with van der Waals surface area (Å²) in [5.41, 5.74) is 2.09. The highest BCUT2D eigenvalue weighted by Gasteiger charge is 2.26. The van der Waals surface area contributed by atoms with Gasteiger partial charge in [0.2, 0.25) is 0 Å². The average Bonchev–Trinajstić information content (AvgIpc) is 2.27. The molecule has 4 nitrogen and oxygen atoms in total. The van der Waals surface area contributed by atoms with Crippen LogP contribution in [-0.2, 0) is 27.0 Å². The summed E-state index contributed by atoms with van der Waals surface area (Å²) in [6, 6.07) is 3.75. The van der Waals surface area contributed by atoms with Crippen molar-refractivity contribution in [3.63, 3.8) is 0 Å². The van der Waals surface area contributed by atoms with Gasteiger partial charge in [0.15, 0.2) is 0 Å². The van der Waals surface area contributed by atoms with Gasteiger partial charge in [-0.25, -0.2) is 0 Å². The molecule has 0 saturated heterocycles. The maximum Gasteiger partial charge on any atom is 0.123 e. The minimum atomic E-state index is -1.24. The lowest BCUT2D eigenvalue weighted by Crippen LogP contribution is -2.27. The fraction of sp³-hybridized carbons (Fsp3) is 0.588. The van der Waals surface area contributed by atoms with Crippen LogP contribution in [0.4, 0.5) is 0 Å². The number of phenols is 1. The van der Waals surface area contributed by atoms with E-state index in [9.17, 15) is 15.0 Å². The van der Waals surface area contributed by atoms with Gasteiger partial charge in [-0.15, -0.1) is 0 Å². The van der Waals surface area contributed by atoms with Crippen LogP contribution in [0.15, 0.2) is 12.1 Å². The smallest absolute Gasteiger partial charge is 0.123 e. The van der Waals surface area contributed by atoms with Crippen molar-refractivity contribution in [1.82, 2.24) is 0 Å². The fourth-order valence-electron chi connectivity index (χ4n) is 2.17. The summed E-state index contributed by atoms with van der Waals surface area (Å²) in [5.74, 6) is -0.931. The number of aromatic hydroxyl groups is 1. The second-order valence-corrected chi connectivity index (χ2v) is 7.40. The van der Waals surface area contributed by atoms with Crippen molar-refractivity contribution in [3.05, 3.63) is 28.8 Å². The highest BCUT2D eigenvalue weighted by Crippen LogP contribution is 2.39. The predicted octanol–water partition coefficient (Wildman–Crippen LogP) is 2.25. The number of benzene rings is 1. The molecule has 0 aliphatic heterocycles. The highest BCUT2D eigenvalue weighted by atomic mass is 16.5. The molecule has 21 heavy (non-hydrogen) atoms. The van der Waals surface area contributed by atoms with E-state index in [0.29, 0.717) is 5.75 Å². The lowest BCUT2D eigenvalue weighted by atomic mass is 9.78. The highest BCUT2D eigenvalue weighted by molar-refractivity contribution is 5.65. The first-order chi connectivity index (χ1) is 9.43. The fourth-order valence-corrected chi connectivity index (χ4v) is 2.17. The van der Waals surface area contributed by atoms with Gasteiger partial charge in [-0.3, -0.25) is 0 Å². The van der Waals surface area contributed by atoms with E-state index in [1.807, 2.05) is 53.7 Å². The summed E-state index contributed by atoms with van der Waals surface area (Å²) in [5, 5.41) is 21.0. The van der Waals surface area contributed by atoms with Crippen molar-refractivity contribution in [3.8, 4) is 5.75 Å². The molecule has 0 fully saturated rings. The first-order valence-corrected chi connectivity index (χ1v) is 7.07. The molecule has 0 aromatic heterocycles. The quantitative estimate of drug-likeness (QED) is 0.924. The number of aliphatic carboxylic acids is 1. The zero-order valence-electron chi connectivity index (χ0n) is 13.7. The molecule has 4 heteroatoms. The molecule has 0 unspecified atom stereocenters. The molecule has 0 aliphatic rings. The molecular formula is C17H25O4-. The predicted molar refractivity (Wildman–Crippen MR) is 80.2 cm³/mol. The van der Waals surface area contributed by atoms with Crippen molar-refractivity contribution in [2.45, 2.75) is 59.0 Å². The Bertz CT molecular complexity index is 484. The van der Waals surface area contributed by atoms with E-state index < -0.39 is 12.6 Å². The molecule has 0 atom stereocenters. The van der Waals surface area contributed by atoms with Gasteiger partial charge >= 0.3 is 0 Å². The summed E-state index contributed by atoms with van der Waals surface area (Å²) in [6.45, 7) is 11.9. The minimum absolute atomic E-state index is 0.181. The molecule has 0 saturated carbocycles. The molecule has 118 valence electrons. The maximum absolute atomic E-state index is 10.6. The van der Waals surface area contributed by atoms with Gasteiger partial charge in [0, 0.05) is 0 Å². The summed E-state index contributed by atoms with van der Waals surface area (Å²) in [7, 11) is 0. The monoisotopic (exact) mass is 293 g/mol. The van der Waals surface area contributed by atoms with E-state index in [0.717, 1.165) is 16.7 Å². The van der Waals surface area contributed by atoms with Gasteiger partial charge in [0.1, 0.15) is 5.75 Å². The average molecular weight is 293 g/mol. The van der Waals surface area contributed by atoms with Gasteiger partial charge in [-0.2, -0.15) is 0 Å². The molecule has 0 aliphatic carbocycles. The second-order valence-electron chi connectivity index (χ2n) is 7.40. The van der Waals surface area contributed by atoms with Crippen molar-refractivity contribution in [1.29, 1.82) is 0 Å². The molecule has 1 aromatic carbocycles. The zero-order chi connectivity index (χ0) is 16.4. The molecule has 1 rings (SSSR count). The number of carboxylic acid groups (broad SMARTS) is 1. The minimum Gasteiger partial charge on any atom is -0.548 e. The summed E-state index contributed by atoms with van der Waals surface area (Å²) in [6.07, 6.45) is 0. The van der Waals surface area contributed by atoms with Crippen LogP contribution in [0, 0.1) is 0 Å². The molecule has 0 heterocycles. The van der Waals surface area contributed by atoms with E-state index in [2.05, 4.69) is 0 Å². The third kappa shape index (κ3) is 4.74. The van der Waals surface area contributed by atoms with E-state index in [4.69, 9.17) is 4.74 Å². The van der Waals surface area contributed by atoms with E-state index in [1.54, 1.807) is 0 Å². The summed E-state index contributed by atoms with van der Waals surface area (Å²) in [4.78, 5) is 10.4. The molecule has 1 N–H and O–H groups in total. The van der Waals surface area contributed by atoms with Crippen molar-refractivity contribution < 1.29 is 19.7 Å². The summed E-state index contributed by atoms with van der Waals surface area (Å²) >= 11 is 0. The molecule has 0 spiro atoms. The topological polar surface area (TPSA) is 69.6 Å². The first-order valence-electron chi connectivity index (χ1n) is 7.07. The SMILES string of the molecule is CC(C)(C)c1cc(COCC(=O)[O-])cc(C(C)(C)C)c1O. The Balaban J connectivity index is 3.24. The molecule has 0 amide bonds. The normalized spacial score (nSPS) is 12.5. The van der Waals surface area contributed by atoms with Crippen LogP contribution in [0.5, 0.6) is 5.75 Å². The van der Waals surface area contributed by atoms with Gasteiger partial charge < -0.3 is 19.7 Å². The molecule has 0 radical (unpaired) electrons. The van der Waals surface area contributed by atoms with E-state index in [-0.39, 0.29) is 17.4 Å². The van der Waals surface area contributed by atoms with Crippen molar-refractivity contribution >= 4 is 5.97 Å². The standard InChI is InChI=1S/C17H26O4/c1-16(2,3)12-7-11(9-21-10-14(18)19)8-13(15(12)20)17(4,5)6/h7-8,20H,9-10H2,1-6H3,(H,18,19)/p-1. The largest absolute Gasteiger partial charge is 0.548 e. The number of ether oxygens (including phenoxy) is 1. The van der Waals surface area contributed by atoms with Gasteiger partial charge in [-0.05, 0) is 39.7 Å². The number of carbonyl (C=O) groups is 1. The van der Waals surface area contributed by atoms with Crippen molar-refractivity contribution in [2.24, 2.45) is 0 Å². The van der Waals surface area contributed by atoms with E-state index >= 15 is 0 Å². The van der Waals surface area contributed by atoms with E-state index in [1.165, 1.54) is 0 Å². The summed E-state index contributed by atoms with van der Waals surface area (Å²) < 4.78 is 5.11. The molecule has 1 aromatic rings. The third-order valence-electron chi connectivity index (χ3n) is 3.27. The number of carbonyl (C=O) groups excluding carboxylic acids is 1. The van der Waals surface area contributed by atoms with Crippen LogP contribution < -0.4 is 5.11 Å². The lowest BCUT2D eigenvalue weighted by Gasteiger charge is -2.28. The number of phenolic OH excluding ortho intramolecular Hbond substituents is 1. The zero-order valence-corrected chi connectivity index (χ0v) is 13.7. The van der Waals surface area contributed by atoms with Crippen LogP contribution >= 0.6 is 0 Å². The van der Waals surface area contributed by atoms with Crippen LogP contribution in [-0.4, -0.2) is 17.7 Å². The van der Waals surface area contributed by atoms with Crippen LogP contribution in [0.25, 0.3) is 0 Å². The number of hydrogen-bond donors (Lipinski definition) is 1. The Morgan fingerprint density at radius 1 is 1.10 bits per heavy atom. The molecular weight excluding hydrogens is 268 g/mol. The molecule has 0 bridgehead atoms. The maximum atomic E-state index is 10.6. The third-order valence-corrected chi connectivity index (χ3v) is 3.27. The Morgan fingerprint density at radius 2 is 1.52 bits per heavy atom. The lowest BCUT2D eigenvalue weighted by molar-refractivity contribution is -0.309. The van der Waals surface area contributed by atoms with Gasteiger partial charge in [-0.1, -0.05) is 41.5 Å². The van der Waals surface area contributed by atoms with Gasteiger partial charge in [0.05, 0.1) is 19.2 Å². The second kappa shape index (κ2) is 6.06. The number of hydrogen-bond acceptors (Lipinski definition) is 4. The Labute approximate surface area is 126 Å².